The van der Waals surface area contributed by atoms with Crippen molar-refractivity contribution in [2.24, 2.45) is 5.92 Å². The van der Waals surface area contributed by atoms with Crippen LogP contribution < -0.4 is 10.1 Å². The summed E-state index contributed by atoms with van der Waals surface area (Å²) in [6.07, 6.45) is 4.93. The topological polar surface area (TPSA) is 75.9 Å². The first-order chi connectivity index (χ1) is 10.2. The van der Waals surface area contributed by atoms with E-state index in [0.717, 1.165) is 38.2 Å². The van der Waals surface area contributed by atoms with Crippen LogP contribution in [0.3, 0.4) is 0 Å². The Kier molecular flexibility index (Phi) is 3.79. The molecule has 1 aliphatic rings. The average Bonchev–Trinajstić information content (AvgIpc) is 2.86. The van der Waals surface area contributed by atoms with E-state index in [9.17, 15) is 9.90 Å². The molecule has 1 saturated heterocycles. The number of aromatic nitrogens is 2. The first kappa shape index (κ1) is 13.9. The van der Waals surface area contributed by atoms with E-state index < -0.39 is 5.97 Å². The summed E-state index contributed by atoms with van der Waals surface area (Å²) in [6, 6.07) is 3.54. The zero-order valence-corrected chi connectivity index (χ0v) is 12.0. The van der Waals surface area contributed by atoms with Crippen molar-refractivity contribution in [1.29, 1.82) is 0 Å². The molecule has 2 aromatic heterocycles. The second-order valence-corrected chi connectivity index (χ2v) is 5.42. The number of carboxylic acid groups (broad SMARTS) is 1. The summed E-state index contributed by atoms with van der Waals surface area (Å²) in [4.78, 5) is 15.7. The van der Waals surface area contributed by atoms with Crippen LogP contribution in [-0.4, -0.2) is 40.7 Å². The lowest BCUT2D eigenvalue weighted by Gasteiger charge is -2.22. The highest BCUT2D eigenvalue weighted by Gasteiger charge is 2.21. The van der Waals surface area contributed by atoms with Gasteiger partial charge in [-0.2, -0.15) is 0 Å². The molecule has 21 heavy (non-hydrogen) atoms. The summed E-state index contributed by atoms with van der Waals surface area (Å²) >= 11 is 0. The zero-order valence-electron chi connectivity index (χ0n) is 12.0. The average molecular weight is 289 g/mol. The van der Waals surface area contributed by atoms with Crippen LogP contribution in [0.25, 0.3) is 5.52 Å². The molecule has 0 spiro atoms. The Hall–Kier alpha value is -2.08. The highest BCUT2D eigenvalue weighted by Crippen LogP contribution is 2.22. The molecule has 3 rings (SSSR count). The lowest BCUT2D eigenvalue weighted by molar-refractivity contribution is 0.0693. The molecule has 6 nitrogen and oxygen atoms in total. The molecule has 2 N–H and O–H groups in total. The van der Waals surface area contributed by atoms with Gasteiger partial charge in [0, 0.05) is 18.7 Å². The number of hydrogen-bond donors (Lipinski definition) is 2. The number of carbonyl (C=O) groups is 1. The van der Waals surface area contributed by atoms with Crippen molar-refractivity contribution in [3.8, 4) is 5.75 Å². The van der Waals surface area contributed by atoms with E-state index in [0.29, 0.717) is 17.2 Å². The molecule has 0 saturated carbocycles. The summed E-state index contributed by atoms with van der Waals surface area (Å²) in [6.45, 7) is 2.03. The van der Waals surface area contributed by atoms with Gasteiger partial charge < -0.3 is 19.6 Å². The highest BCUT2D eigenvalue weighted by molar-refractivity contribution is 5.94. The number of nitrogens with zero attached hydrogens (tertiary/aromatic N) is 2. The molecule has 1 unspecified atom stereocenters. The molecule has 0 aromatic carbocycles. The summed E-state index contributed by atoms with van der Waals surface area (Å²) in [5.74, 6) is 0.941. The smallest absolute Gasteiger partial charge is 0.356 e. The number of pyridine rings is 1. The van der Waals surface area contributed by atoms with Gasteiger partial charge in [-0.1, -0.05) is 0 Å². The van der Waals surface area contributed by atoms with Gasteiger partial charge in [-0.3, -0.25) is 0 Å². The van der Waals surface area contributed by atoms with Crippen molar-refractivity contribution in [3.05, 3.63) is 29.8 Å². The van der Waals surface area contributed by atoms with E-state index in [4.69, 9.17) is 4.74 Å². The highest BCUT2D eigenvalue weighted by atomic mass is 16.5. The van der Waals surface area contributed by atoms with E-state index in [1.54, 1.807) is 13.2 Å². The first-order valence-corrected chi connectivity index (χ1v) is 7.18. The van der Waals surface area contributed by atoms with Crippen LogP contribution in [-0.2, 0) is 6.42 Å². The fourth-order valence-electron chi connectivity index (χ4n) is 2.91. The Morgan fingerprint density at radius 2 is 2.48 bits per heavy atom. The van der Waals surface area contributed by atoms with Crippen molar-refractivity contribution in [2.75, 3.05) is 20.2 Å². The number of fused-ring (bicyclic) bond motifs is 1. The number of piperidine rings is 1. The standard InChI is InChI=1S/C15H19N3O3/c1-21-11-4-6-18-12(8-11)14(15(19)20)17-13(18)7-10-3-2-5-16-9-10/h4,6,8,10,16H,2-3,5,7,9H2,1H3,(H,19,20). The Labute approximate surface area is 122 Å². The third-order valence-corrected chi connectivity index (χ3v) is 4.00. The Balaban J connectivity index is 1.99. The van der Waals surface area contributed by atoms with Crippen LogP contribution in [0, 0.1) is 5.92 Å². The summed E-state index contributed by atoms with van der Waals surface area (Å²) in [5.41, 5.74) is 0.674. The number of imidazole rings is 1. The van der Waals surface area contributed by atoms with Gasteiger partial charge in [-0.25, -0.2) is 9.78 Å². The van der Waals surface area contributed by atoms with Gasteiger partial charge in [-0.15, -0.1) is 0 Å². The van der Waals surface area contributed by atoms with E-state index in [2.05, 4.69) is 10.3 Å². The van der Waals surface area contributed by atoms with Crippen molar-refractivity contribution in [2.45, 2.75) is 19.3 Å². The molecule has 3 heterocycles. The van der Waals surface area contributed by atoms with Crippen LogP contribution in [0.5, 0.6) is 5.75 Å². The van der Waals surface area contributed by atoms with Gasteiger partial charge >= 0.3 is 5.97 Å². The van der Waals surface area contributed by atoms with Crippen molar-refractivity contribution in [3.63, 3.8) is 0 Å². The van der Waals surface area contributed by atoms with Crippen LogP contribution >= 0.6 is 0 Å². The predicted molar refractivity (Wildman–Crippen MR) is 78.0 cm³/mol. The second kappa shape index (κ2) is 5.73. The second-order valence-electron chi connectivity index (χ2n) is 5.42. The molecule has 1 aliphatic heterocycles. The number of rotatable bonds is 4. The minimum absolute atomic E-state index is 0.0904. The molecule has 112 valence electrons. The molecule has 1 atom stereocenters. The molecule has 2 aromatic rings. The molecule has 6 heteroatoms. The minimum Gasteiger partial charge on any atom is -0.497 e. The fraction of sp³-hybridized carbons (Fsp3) is 0.467. The van der Waals surface area contributed by atoms with Gasteiger partial charge in [0.25, 0.3) is 0 Å². The van der Waals surface area contributed by atoms with E-state index in [-0.39, 0.29) is 5.69 Å². The number of carboxylic acids is 1. The normalized spacial score (nSPS) is 18.8. The van der Waals surface area contributed by atoms with E-state index in [1.165, 1.54) is 0 Å². The molecular weight excluding hydrogens is 270 g/mol. The van der Waals surface area contributed by atoms with Gasteiger partial charge in [0.05, 0.1) is 12.6 Å². The Morgan fingerprint density at radius 1 is 1.62 bits per heavy atom. The SMILES string of the molecule is COc1ccn2c(CC3CCCNC3)nc(C(=O)O)c2c1. The van der Waals surface area contributed by atoms with Crippen molar-refractivity contribution < 1.29 is 14.6 Å². The number of nitrogens with one attached hydrogen (secondary N) is 1. The molecular formula is C15H19N3O3. The molecule has 0 radical (unpaired) electrons. The Morgan fingerprint density at radius 3 is 3.14 bits per heavy atom. The summed E-state index contributed by atoms with van der Waals surface area (Å²) in [7, 11) is 1.57. The largest absolute Gasteiger partial charge is 0.497 e. The number of methoxy groups -OCH3 is 1. The van der Waals surface area contributed by atoms with Crippen molar-refractivity contribution in [1.82, 2.24) is 14.7 Å². The lowest BCUT2D eigenvalue weighted by atomic mass is 9.96. The van der Waals surface area contributed by atoms with Gasteiger partial charge in [0.1, 0.15) is 11.6 Å². The molecule has 1 fully saturated rings. The van der Waals surface area contributed by atoms with Gasteiger partial charge in [0.15, 0.2) is 5.69 Å². The lowest BCUT2D eigenvalue weighted by Crippen LogP contribution is -2.31. The van der Waals surface area contributed by atoms with Gasteiger partial charge in [-0.05, 0) is 37.9 Å². The van der Waals surface area contributed by atoms with E-state index >= 15 is 0 Å². The predicted octanol–water partition coefficient (Wildman–Crippen LogP) is 1.58. The number of hydrogen-bond acceptors (Lipinski definition) is 4. The molecule has 0 aliphatic carbocycles. The van der Waals surface area contributed by atoms with Crippen molar-refractivity contribution >= 4 is 11.5 Å². The molecule has 0 amide bonds. The number of aromatic carboxylic acids is 1. The maximum absolute atomic E-state index is 11.4. The fourth-order valence-corrected chi connectivity index (χ4v) is 2.91. The minimum atomic E-state index is -1.01. The third-order valence-electron chi connectivity index (χ3n) is 4.00. The number of ether oxygens (including phenoxy) is 1. The maximum atomic E-state index is 11.4. The third kappa shape index (κ3) is 2.71. The van der Waals surface area contributed by atoms with Crippen LogP contribution in [0.1, 0.15) is 29.2 Å². The zero-order chi connectivity index (χ0) is 14.8. The Bertz CT molecular complexity index is 659. The summed E-state index contributed by atoms with van der Waals surface area (Å²) in [5, 5.41) is 12.7. The quantitative estimate of drug-likeness (QED) is 0.894. The maximum Gasteiger partial charge on any atom is 0.356 e. The van der Waals surface area contributed by atoms with Crippen LogP contribution in [0.4, 0.5) is 0 Å². The summed E-state index contributed by atoms with van der Waals surface area (Å²) < 4.78 is 7.03. The molecule has 0 bridgehead atoms. The van der Waals surface area contributed by atoms with Crippen LogP contribution in [0.15, 0.2) is 18.3 Å². The van der Waals surface area contributed by atoms with E-state index in [1.807, 2.05) is 16.7 Å². The van der Waals surface area contributed by atoms with Crippen LogP contribution in [0.2, 0.25) is 0 Å². The first-order valence-electron chi connectivity index (χ1n) is 7.18. The monoisotopic (exact) mass is 289 g/mol. The van der Waals surface area contributed by atoms with Gasteiger partial charge in [0.2, 0.25) is 0 Å².